The lowest BCUT2D eigenvalue weighted by atomic mass is 10.3. The number of anilines is 1. The molecule has 0 fully saturated rings. The molecule has 88 valence electrons. The van der Waals surface area contributed by atoms with Crippen molar-refractivity contribution in [3.8, 4) is 0 Å². The zero-order valence-electron chi connectivity index (χ0n) is 9.20. The van der Waals surface area contributed by atoms with Gasteiger partial charge < -0.3 is 5.32 Å². The van der Waals surface area contributed by atoms with E-state index in [1.807, 2.05) is 6.92 Å². The molecule has 17 heavy (non-hydrogen) atoms. The van der Waals surface area contributed by atoms with Crippen LogP contribution in [0.2, 0.25) is 0 Å². The topological polar surface area (TPSA) is 70.7 Å². The van der Waals surface area contributed by atoms with E-state index in [9.17, 15) is 4.79 Å². The van der Waals surface area contributed by atoms with Crippen LogP contribution in [0.1, 0.15) is 23.1 Å². The van der Waals surface area contributed by atoms with Gasteiger partial charge in [-0.2, -0.15) is 5.10 Å². The highest BCUT2D eigenvalue weighted by atomic mass is 79.9. The number of hydrogen-bond acceptors (Lipinski definition) is 3. The quantitative estimate of drug-likeness (QED) is 0.913. The summed E-state index contributed by atoms with van der Waals surface area (Å²) in [4.78, 5) is 15.8. The normalized spacial score (nSPS) is 10.2. The van der Waals surface area contributed by atoms with Gasteiger partial charge >= 0.3 is 0 Å². The highest BCUT2D eigenvalue weighted by Gasteiger charge is 2.09. The first-order valence-electron chi connectivity index (χ1n) is 5.16. The second kappa shape index (κ2) is 5.09. The third kappa shape index (κ3) is 2.91. The molecule has 0 aliphatic carbocycles. The van der Waals surface area contributed by atoms with Gasteiger partial charge in [-0.1, -0.05) is 6.92 Å². The van der Waals surface area contributed by atoms with Crippen molar-refractivity contribution in [2.45, 2.75) is 13.3 Å². The molecule has 0 radical (unpaired) electrons. The molecule has 1 amide bonds. The molecule has 0 aliphatic rings. The summed E-state index contributed by atoms with van der Waals surface area (Å²) in [5, 5.41) is 9.48. The molecule has 2 aromatic heterocycles. The molecule has 0 bridgehead atoms. The number of hydrogen-bond donors (Lipinski definition) is 2. The smallest absolute Gasteiger partial charge is 0.275 e. The summed E-state index contributed by atoms with van der Waals surface area (Å²) in [5.41, 5.74) is 1.33. The number of carbonyl (C=O) groups is 1. The van der Waals surface area contributed by atoms with Crippen molar-refractivity contribution in [3.05, 3.63) is 40.3 Å². The molecule has 0 saturated heterocycles. The van der Waals surface area contributed by atoms with Crippen LogP contribution in [0.3, 0.4) is 0 Å². The fraction of sp³-hybridized carbons (Fsp3) is 0.182. The number of nitrogens with zero attached hydrogens (tertiary/aromatic N) is 2. The zero-order chi connectivity index (χ0) is 12.3. The number of carbonyl (C=O) groups excluding carboxylic acids is 1. The second-order valence-corrected chi connectivity index (χ2v) is 4.36. The monoisotopic (exact) mass is 294 g/mol. The summed E-state index contributed by atoms with van der Waals surface area (Å²) >= 11 is 3.26. The van der Waals surface area contributed by atoms with Crippen molar-refractivity contribution in [1.29, 1.82) is 0 Å². The second-order valence-electron chi connectivity index (χ2n) is 3.45. The predicted octanol–water partition coefficient (Wildman–Crippen LogP) is 2.38. The van der Waals surface area contributed by atoms with Crippen LogP contribution in [0.4, 0.5) is 5.82 Å². The molecule has 2 heterocycles. The van der Waals surface area contributed by atoms with E-state index in [1.165, 1.54) is 0 Å². The van der Waals surface area contributed by atoms with Crippen molar-refractivity contribution in [2.24, 2.45) is 0 Å². The minimum Gasteiger partial charge on any atom is -0.304 e. The number of H-pyrrole nitrogens is 1. The number of aryl methyl sites for hydroxylation is 1. The van der Waals surface area contributed by atoms with Crippen LogP contribution in [0.5, 0.6) is 0 Å². The molecule has 5 nitrogen and oxygen atoms in total. The Kier molecular flexibility index (Phi) is 3.53. The highest BCUT2D eigenvalue weighted by molar-refractivity contribution is 9.10. The number of amides is 1. The Morgan fingerprint density at radius 3 is 2.94 bits per heavy atom. The maximum atomic E-state index is 11.8. The van der Waals surface area contributed by atoms with Gasteiger partial charge in [0.25, 0.3) is 5.91 Å². The Hall–Kier alpha value is -1.69. The molecule has 0 atom stereocenters. The van der Waals surface area contributed by atoms with Crippen LogP contribution in [0.15, 0.2) is 28.9 Å². The van der Waals surface area contributed by atoms with Crippen LogP contribution >= 0.6 is 15.9 Å². The van der Waals surface area contributed by atoms with Crippen molar-refractivity contribution in [1.82, 2.24) is 15.2 Å². The largest absolute Gasteiger partial charge is 0.304 e. The zero-order valence-corrected chi connectivity index (χ0v) is 10.8. The molecule has 2 N–H and O–H groups in total. The standard InChI is InChI=1S/C11H11BrN4O/c1-2-8-5-10(16-15-8)14-11(17)9-4-3-7(12)6-13-9/h3-6H,2H2,1H3,(H2,14,15,16,17). The first-order chi connectivity index (χ1) is 8.19. The minimum absolute atomic E-state index is 0.272. The van der Waals surface area contributed by atoms with Crippen LogP contribution < -0.4 is 5.32 Å². The molecular formula is C11H11BrN4O. The van der Waals surface area contributed by atoms with Gasteiger partial charge in [-0.3, -0.25) is 9.89 Å². The Balaban J connectivity index is 2.08. The molecule has 0 aliphatic heterocycles. The number of nitrogens with one attached hydrogen (secondary N) is 2. The summed E-state index contributed by atoms with van der Waals surface area (Å²) in [7, 11) is 0. The van der Waals surface area contributed by atoms with Crippen LogP contribution in [0.25, 0.3) is 0 Å². The first-order valence-corrected chi connectivity index (χ1v) is 5.95. The average molecular weight is 295 g/mol. The van der Waals surface area contributed by atoms with Gasteiger partial charge in [0.05, 0.1) is 0 Å². The molecule has 0 saturated carbocycles. The van der Waals surface area contributed by atoms with Crippen LogP contribution in [-0.4, -0.2) is 21.1 Å². The number of halogens is 1. The SMILES string of the molecule is CCc1cc(NC(=O)c2ccc(Br)cn2)n[nH]1. The molecule has 2 rings (SSSR count). The van der Waals surface area contributed by atoms with Gasteiger partial charge in [-0.15, -0.1) is 0 Å². The molecule has 2 aromatic rings. The van der Waals surface area contributed by atoms with Crippen molar-refractivity contribution < 1.29 is 4.79 Å². The van der Waals surface area contributed by atoms with E-state index in [-0.39, 0.29) is 5.91 Å². The van der Waals surface area contributed by atoms with Crippen molar-refractivity contribution in [2.75, 3.05) is 5.32 Å². The lowest BCUT2D eigenvalue weighted by molar-refractivity contribution is 0.102. The van der Waals surface area contributed by atoms with Gasteiger partial charge in [0.15, 0.2) is 5.82 Å². The Labute approximate surface area is 107 Å². The van der Waals surface area contributed by atoms with Crippen LogP contribution in [-0.2, 0) is 6.42 Å². The van der Waals surface area contributed by atoms with Gasteiger partial charge in [0, 0.05) is 22.4 Å². The van der Waals surface area contributed by atoms with E-state index in [1.54, 1.807) is 24.4 Å². The maximum absolute atomic E-state index is 11.8. The first kappa shape index (κ1) is 11.8. The number of aromatic amines is 1. The Morgan fingerprint density at radius 2 is 2.35 bits per heavy atom. The van der Waals surface area contributed by atoms with E-state index in [0.717, 1.165) is 16.6 Å². The Morgan fingerprint density at radius 1 is 1.53 bits per heavy atom. The lowest BCUT2D eigenvalue weighted by Crippen LogP contribution is -2.13. The van der Waals surface area contributed by atoms with Gasteiger partial charge in [-0.25, -0.2) is 4.98 Å². The van der Waals surface area contributed by atoms with Crippen molar-refractivity contribution >= 4 is 27.7 Å². The molecule has 0 aromatic carbocycles. The summed E-state index contributed by atoms with van der Waals surface area (Å²) in [6.45, 7) is 2.01. The van der Waals surface area contributed by atoms with E-state index in [4.69, 9.17) is 0 Å². The molecule has 6 heteroatoms. The predicted molar refractivity (Wildman–Crippen MR) is 67.9 cm³/mol. The van der Waals surface area contributed by atoms with Crippen molar-refractivity contribution in [3.63, 3.8) is 0 Å². The summed E-state index contributed by atoms with van der Waals surface area (Å²) in [6, 6.07) is 5.22. The molecule has 0 unspecified atom stereocenters. The summed E-state index contributed by atoms with van der Waals surface area (Å²) < 4.78 is 0.835. The van der Waals surface area contributed by atoms with E-state index in [2.05, 4.69) is 36.4 Å². The third-order valence-electron chi connectivity index (χ3n) is 2.21. The van der Waals surface area contributed by atoms with Gasteiger partial charge in [0.2, 0.25) is 0 Å². The number of rotatable bonds is 3. The van der Waals surface area contributed by atoms with Gasteiger partial charge in [0.1, 0.15) is 5.69 Å². The van der Waals surface area contributed by atoms with E-state index in [0.29, 0.717) is 11.5 Å². The fourth-order valence-corrected chi connectivity index (χ4v) is 1.53. The average Bonchev–Trinajstić information content (AvgIpc) is 2.77. The Bertz CT molecular complexity index is 521. The van der Waals surface area contributed by atoms with Gasteiger partial charge in [-0.05, 0) is 34.5 Å². The highest BCUT2D eigenvalue weighted by Crippen LogP contribution is 2.10. The number of pyridine rings is 1. The minimum atomic E-state index is -0.272. The lowest BCUT2D eigenvalue weighted by Gasteiger charge is -2.00. The number of aromatic nitrogens is 3. The van der Waals surface area contributed by atoms with E-state index >= 15 is 0 Å². The maximum Gasteiger partial charge on any atom is 0.275 e. The summed E-state index contributed by atoms with van der Waals surface area (Å²) in [6.07, 6.45) is 2.43. The molecular weight excluding hydrogens is 284 g/mol. The van der Waals surface area contributed by atoms with Crippen LogP contribution in [0, 0.1) is 0 Å². The third-order valence-corrected chi connectivity index (χ3v) is 2.68. The fourth-order valence-electron chi connectivity index (χ4n) is 1.30. The van der Waals surface area contributed by atoms with E-state index < -0.39 is 0 Å². The molecule has 0 spiro atoms. The summed E-state index contributed by atoms with van der Waals surface area (Å²) in [5.74, 6) is 0.239.